The van der Waals surface area contributed by atoms with Gasteiger partial charge in [-0.3, -0.25) is 0 Å². The second-order valence-electron chi connectivity index (χ2n) is 3.50. The van der Waals surface area contributed by atoms with E-state index in [2.05, 4.69) is 19.2 Å². The van der Waals surface area contributed by atoms with Crippen molar-refractivity contribution < 1.29 is 0 Å². The fraction of sp³-hybridized carbons (Fsp3) is 0.364. The highest BCUT2D eigenvalue weighted by molar-refractivity contribution is 7.80. The van der Waals surface area contributed by atoms with Crippen molar-refractivity contribution in [3.63, 3.8) is 0 Å². The minimum absolute atomic E-state index is 0.415. The maximum atomic E-state index is 5.25. The van der Waals surface area contributed by atoms with Gasteiger partial charge in [-0.2, -0.15) is 0 Å². The molecule has 0 heterocycles. The molecule has 0 atom stereocenters. The van der Waals surface area contributed by atoms with E-state index in [1.807, 2.05) is 42.3 Å². The maximum absolute atomic E-state index is 5.25. The second kappa shape index (κ2) is 4.96. The van der Waals surface area contributed by atoms with E-state index in [0.29, 0.717) is 6.04 Å². The quantitative estimate of drug-likeness (QED) is 0.752. The van der Waals surface area contributed by atoms with Gasteiger partial charge in [0.25, 0.3) is 0 Å². The van der Waals surface area contributed by atoms with E-state index in [1.54, 1.807) is 0 Å². The van der Waals surface area contributed by atoms with Gasteiger partial charge in [-0.05, 0) is 38.2 Å². The molecule has 2 nitrogen and oxygen atoms in total. The van der Waals surface area contributed by atoms with Crippen molar-refractivity contribution in [3.05, 3.63) is 30.3 Å². The lowest BCUT2D eigenvalue weighted by molar-refractivity contribution is 0.423. The fourth-order valence-electron chi connectivity index (χ4n) is 0.968. The van der Waals surface area contributed by atoms with Crippen LogP contribution in [0.3, 0.4) is 0 Å². The fourth-order valence-corrected chi connectivity index (χ4v) is 1.30. The molecule has 1 rings (SSSR count). The van der Waals surface area contributed by atoms with E-state index < -0.39 is 0 Å². The van der Waals surface area contributed by atoms with Crippen LogP contribution >= 0.6 is 12.2 Å². The summed E-state index contributed by atoms with van der Waals surface area (Å²) in [6.45, 7) is 4.22. The number of hydrogen-bond acceptors (Lipinski definition) is 1. The van der Waals surface area contributed by atoms with Crippen LogP contribution < -0.4 is 5.32 Å². The number of anilines is 1. The van der Waals surface area contributed by atoms with Crippen LogP contribution in [-0.2, 0) is 0 Å². The molecule has 3 heteroatoms. The zero-order valence-corrected chi connectivity index (χ0v) is 9.64. The number of para-hydroxylation sites is 1. The minimum Gasteiger partial charge on any atom is -0.350 e. The SMILES string of the molecule is CC(C)N(C)C(=S)Nc1ccccc1. The first-order valence-electron chi connectivity index (χ1n) is 4.70. The van der Waals surface area contributed by atoms with Gasteiger partial charge in [0.1, 0.15) is 0 Å². The Labute approximate surface area is 90.9 Å². The van der Waals surface area contributed by atoms with E-state index in [1.165, 1.54) is 0 Å². The average molecular weight is 208 g/mol. The van der Waals surface area contributed by atoms with Crippen molar-refractivity contribution >= 4 is 23.0 Å². The lowest BCUT2D eigenvalue weighted by Crippen LogP contribution is -2.36. The van der Waals surface area contributed by atoms with Crippen LogP contribution in [0.15, 0.2) is 30.3 Å². The molecule has 0 saturated carbocycles. The molecule has 0 aromatic heterocycles. The van der Waals surface area contributed by atoms with E-state index in [9.17, 15) is 0 Å². The first-order chi connectivity index (χ1) is 6.61. The summed E-state index contributed by atoms with van der Waals surface area (Å²) in [4.78, 5) is 2.03. The van der Waals surface area contributed by atoms with Gasteiger partial charge in [0.05, 0.1) is 0 Å². The standard InChI is InChI=1S/C11H16N2S/c1-9(2)13(3)11(14)12-10-7-5-4-6-8-10/h4-9H,1-3H3,(H,12,14). The van der Waals surface area contributed by atoms with E-state index >= 15 is 0 Å². The van der Waals surface area contributed by atoms with Crippen molar-refractivity contribution in [2.24, 2.45) is 0 Å². The third-order valence-corrected chi connectivity index (χ3v) is 2.51. The third-order valence-electron chi connectivity index (χ3n) is 2.12. The molecule has 0 bridgehead atoms. The van der Waals surface area contributed by atoms with Crippen molar-refractivity contribution in [2.75, 3.05) is 12.4 Å². The van der Waals surface area contributed by atoms with Gasteiger partial charge in [0.15, 0.2) is 5.11 Å². The van der Waals surface area contributed by atoms with Crippen LogP contribution in [0.5, 0.6) is 0 Å². The Kier molecular flexibility index (Phi) is 3.89. The van der Waals surface area contributed by atoms with E-state index in [0.717, 1.165) is 10.8 Å². The summed E-state index contributed by atoms with van der Waals surface area (Å²) in [5.74, 6) is 0. The zero-order chi connectivity index (χ0) is 10.6. The first kappa shape index (κ1) is 11.0. The lowest BCUT2D eigenvalue weighted by atomic mass is 10.3. The normalized spacial score (nSPS) is 10.0. The molecule has 14 heavy (non-hydrogen) atoms. The molecule has 0 aliphatic heterocycles. The van der Waals surface area contributed by atoms with Crippen molar-refractivity contribution in [1.29, 1.82) is 0 Å². The van der Waals surface area contributed by atoms with E-state index in [-0.39, 0.29) is 0 Å². The van der Waals surface area contributed by atoms with Gasteiger partial charge < -0.3 is 10.2 Å². The molecule has 0 fully saturated rings. The van der Waals surface area contributed by atoms with Crippen LogP contribution in [0, 0.1) is 0 Å². The van der Waals surface area contributed by atoms with Crippen LogP contribution in [0.2, 0.25) is 0 Å². The van der Waals surface area contributed by atoms with Crippen molar-refractivity contribution in [1.82, 2.24) is 4.90 Å². The van der Waals surface area contributed by atoms with Gasteiger partial charge in [-0.15, -0.1) is 0 Å². The molecule has 1 N–H and O–H groups in total. The summed E-state index contributed by atoms with van der Waals surface area (Å²) in [6.07, 6.45) is 0. The number of nitrogens with one attached hydrogen (secondary N) is 1. The lowest BCUT2D eigenvalue weighted by Gasteiger charge is -2.24. The summed E-state index contributed by atoms with van der Waals surface area (Å²) in [7, 11) is 1.99. The number of rotatable bonds is 2. The average Bonchev–Trinajstić information content (AvgIpc) is 2.18. The largest absolute Gasteiger partial charge is 0.350 e. The summed E-state index contributed by atoms with van der Waals surface area (Å²) < 4.78 is 0. The molecule has 1 aromatic carbocycles. The summed E-state index contributed by atoms with van der Waals surface area (Å²) in [5.41, 5.74) is 1.03. The highest BCUT2D eigenvalue weighted by Gasteiger charge is 2.06. The first-order valence-corrected chi connectivity index (χ1v) is 5.11. The second-order valence-corrected chi connectivity index (χ2v) is 3.89. The van der Waals surface area contributed by atoms with Crippen LogP contribution in [0.25, 0.3) is 0 Å². The van der Waals surface area contributed by atoms with Gasteiger partial charge in [0.2, 0.25) is 0 Å². The Morgan fingerprint density at radius 3 is 2.36 bits per heavy atom. The Bertz CT molecular complexity index is 295. The molecule has 0 amide bonds. The third kappa shape index (κ3) is 3.00. The molecule has 76 valence electrons. The molecule has 0 saturated heterocycles. The predicted molar refractivity (Wildman–Crippen MR) is 65.6 cm³/mol. The Balaban J connectivity index is 2.58. The molecule has 0 radical (unpaired) electrons. The molecular formula is C11H16N2S. The smallest absolute Gasteiger partial charge is 0.173 e. The number of thiocarbonyl (C=S) groups is 1. The predicted octanol–water partition coefficient (Wildman–Crippen LogP) is 2.72. The molecule has 1 aromatic rings. The van der Waals surface area contributed by atoms with Crippen LogP contribution in [0.1, 0.15) is 13.8 Å². The molecule has 0 unspecified atom stereocenters. The molecule has 0 spiro atoms. The Hall–Kier alpha value is -1.09. The van der Waals surface area contributed by atoms with Crippen molar-refractivity contribution in [3.8, 4) is 0 Å². The summed E-state index contributed by atoms with van der Waals surface area (Å²) in [5, 5.41) is 3.94. The highest BCUT2D eigenvalue weighted by atomic mass is 32.1. The van der Waals surface area contributed by atoms with Gasteiger partial charge in [0, 0.05) is 18.8 Å². The van der Waals surface area contributed by atoms with Gasteiger partial charge >= 0.3 is 0 Å². The Morgan fingerprint density at radius 1 is 1.29 bits per heavy atom. The highest BCUT2D eigenvalue weighted by Crippen LogP contribution is 2.07. The van der Waals surface area contributed by atoms with Gasteiger partial charge in [-0.1, -0.05) is 18.2 Å². The summed E-state index contributed by atoms with van der Waals surface area (Å²) in [6, 6.07) is 10.4. The zero-order valence-electron chi connectivity index (χ0n) is 8.82. The molecule has 0 aliphatic carbocycles. The van der Waals surface area contributed by atoms with Crippen LogP contribution in [-0.4, -0.2) is 23.1 Å². The number of nitrogens with zero attached hydrogens (tertiary/aromatic N) is 1. The Morgan fingerprint density at radius 2 is 1.86 bits per heavy atom. The summed E-state index contributed by atoms with van der Waals surface area (Å²) >= 11 is 5.25. The maximum Gasteiger partial charge on any atom is 0.173 e. The van der Waals surface area contributed by atoms with Crippen LogP contribution in [0.4, 0.5) is 5.69 Å². The number of hydrogen-bond donors (Lipinski definition) is 1. The molecular weight excluding hydrogens is 192 g/mol. The van der Waals surface area contributed by atoms with Crippen molar-refractivity contribution in [2.45, 2.75) is 19.9 Å². The van der Waals surface area contributed by atoms with Gasteiger partial charge in [-0.25, -0.2) is 0 Å². The number of benzene rings is 1. The van der Waals surface area contributed by atoms with E-state index in [4.69, 9.17) is 12.2 Å². The molecule has 0 aliphatic rings. The topological polar surface area (TPSA) is 15.3 Å². The monoisotopic (exact) mass is 208 g/mol. The minimum atomic E-state index is 0.415.